The minimum atomic E-state index is 0.505. The fourth-order valence-corrected chi connectivity index (χ4v) is 5.23. The molecular weight excluding hydrogens is 551 g/mol. The molecule has 0 atom stereocenters. The Kier molecular flexibility index (Phi) is 10.4. The van der Waals surface area contributed by atoms with Crippen molar-refractivity contribution in [2.24, 2.45) is 5.73 Å². The summed E-state index contributed by atoms with van der Waals surface area (Å²) in [6.07, 6.45) is 7.51. The predicted molar refractivity (Wildman–Crippen MR) is 175 cm³/mol. The molecule has 8 heteroatoms. The maximum atomic E-state index is 6.91. The van der Waals surface area contributed by atoms with E-state index < -0.39 is 0 Å². The van der Waals surface area contributed by atoms with Crippen LogP contribution in [-0.4, -0.2) is 15.0 Å². The highest BCUT2D eigenvalue weighted by molar-refractivity contribution is 7.81. The molecule has 2 N–H and O–H groups in total. The third-order valence-corrected chi connectivity index (χ3v) is 7.69. The Labute approximate surface area is 250 Å². The molecule has 0 radical (unpaired) electrons. The van der Waals surface area contributed by atoms with E-state index in [0.29, 0.717) is 17.1 Å². The summed E-state index contributed by atoms with van der Waals surface area (Å²) >= 11 is 13.2. The van der Waals surface area contributed by atoms with Crippen molar-refractivity contribution in [2.75, 3.05) is 0 Å². The Morgan fingerprint density at radius 3 is 1.57 bits per heavy atom. The fourth-order valence-electron chi connectivity index (χ4n) is 4.19. The van der Waals surface area contributed by atoms with E-state index >= 15 is 0 Å². The number of hydrogen-bond donors (Lipinski definition) is 4. The second kappa shape index (κ2) is 14.1. The molecule has 40 heavy (non-hydrogen) atoms. The molecule has 0 fully saturated rings. The van der Waals surface area contributed by atoms with Gasteiger partial charge in [0.2, 0.25) is 5.69 Å². The largest absolute Gasteiger partial charge is 0.326 e. The lowest BCUT2D eigenvalue weighted by molar-refractivity contribution is 0.904. The molecule has 0 unspecified atom stereocenters. The van der Waals surface area contributed by atoms with Crippen molar-refractivity contribution < 1.29 is 0 Å². The summed E-state index contributed by atoms with van der Waals surface area (Å²) in [4.78, 5) is 18.7. The average Bonchev–Trinajstić information content (AvgIpc) is 3.00. The number of nitrogens with zero attached hydrogens (tertiary/aromatic N) is 4. The zero-order valence-electron chi connectivity index (χ0n) is 22.0. The van der Waals surface area contributed by atoms with Crippen LogP contribution in [0, 0.1) is 6.57 Å². The van der Waals surface area contributed by atoms with Gasteiger partial charge < -0.3 is 5.73 Å². The van der Waals surface area contributed by atoms with Gasteiger partial charge in [-0.2, -0.15) is 12.6 Å². The van der Waals surface area contributed by atoms with E-state index in [0.717, 1.165) is 60.9 Å². The number of benzene rings is 3. The van der Waals surface area contributed by atoms with Crippen molar-refractivity contribution >= 4 is 76.3 Å². The van der Waals surface area contributed by atoms with Gasteiger partial charge in [-0.05, 0) is 41.1 Å². The third kappa shape index (κ3) is 6.75. The molecule has 0 saturated heterocycles. The topological polar surface area (TPSA) is 69.0 Å². The van der Waals surface area contributed by atoms with Crippen molar-refractivity contribution in [3.63, 3.8) is 0 Å². The van der Waals surface area contributed by atoms with E-state index in [4.69, 9.17) is 12.3 Å². The summed E-state index contributed by atoms with van der Waals surface area (Å²) in [5, 5.41) is 3.28. The standard InChI is InChI=1S/C12H13NS.C10H6N2S.C10H10N2S/c1-2-4-10-7-6-9-5-3-8-13-11(9)12(10)14;1-11-8-5-4-7-3-2-6-12-9(7)10(8)13;11-6-8-4-3-7-2-1-5-12-9(7)10(8)13/h3,5-8,14H,2,4H2,1H3;2-6,13H;1-5,13H,6,11H2. The van der Waals surface area contributed by atoms with Gasteiger partial charge in [-0.25, -0.2) is 4.85 Å². The SMILES string of the molecule is CCCc1ccc2cccnc2c1S.NCc1ccc2cccnc2c1S.[C-]#[N+]c1ccc2cccnc2c1S. The van der Waals surface area contributed by atoms with Crippen molar-refractivity contribution in [2.45, 2.75) is 41.0 Å². The van der Waals surface area contributed by atoms with Crippen LogP contribution in [0.25, 0.3) is 37.6 Å². The Bertz CT molecular complexity index is 1820. The number of hydrogen-bond acceptors (Lipinski definition) is 7. The van der Waals surface area contributed by atoms with Crippen LogP contribution in [0.2, 0.25) is 0 Å². The smallest absolute Gasteiger partial charge is 0.202 e. The number of nitrogens with two attached hydrogens (primary N) is 1. The first-order valence-corrected chi connectivity index (χ1v) is 14.1. The van der Waals surface area contributed by atoms with Gasteiger partial charge in [0.25, 0.3) is 0 Å². The van der Waals surface area contributed by atoms with Crippen LogP contribution < -0.4 is 5.73 Å². The van der Waals surface area contributed by atoms with Gasteiger partial charge in [-0.1, -0.05) is 67.9 Å². The Morgan fingerprint density at radius 2 is 1.10 bits per heavy atom. The maximum absolute atomic E-state index is 6.91. The molecule has 0 amide bonds. The van der Waals surface area contributed by atoms with Crippen LogP contribution in [0.3, 0.4) is 0 Å². The number of pyridine rings is 3. The van der Waals surface area contributed by atoms with E-state index in [1.54, 1.807) is 18.5 Å². The Hall–Kier alpha value is -3.61. The zero-order chi connectivity index (χ0) is 28.5. The molecule has 3 aromatic heterocycles. The highest BCUT2D eigenvalue weighted by Crippen LogP contribution is 2.29. The predicted octanol–water partition coefficient (Wildman–Crippen LogP) is 8.53. The monoisotopic (exact) mass is 579 g/mol. The zero-order valence-corrected chi connectivity index (χ0v) is 24.7. The lowest BCUT2D eigenvalue weighted by atomic mass is 10.1. The van der Waals surface area contributed by atoms with Gasteiger partial charge in [0.15, 0.2) is 0 Å². The van der Waals surface area contributed by atoms with E-state index in [1.165, 1.54) is 5.56 Å². The minimum Gasteiger partial charge on any atom is -0.326 e. The molecule has 6 rings (SSSR count). The first kappa shape index (κ1) is 29.4. The molecule has 5 nitrogen and oxygen atoms in total. The molecule has 0 bridgehead atoms. The van der Waals surface area contributed by atoms with Crippen molar-refractivity contribution in [1.29, 1.82) is 0 Å². The second-order valence-electron chi connectivity index (χ2n) is 8.87. The number of rotatable bonds is 3. The number of aryl methyl sites for hydroxylation is 1. The van der Waals surface area contributed by atoms with Crippen LogP contribution in [0.15, 0.2) is 106 Å². The van der Waals surface area contributed by atoms with Gasteiger partial charge in [-0.15, -0.1) is 25.3 Å². The Morgan fingerprint density at radius 1 is 0.650 bits per heavy atom. The van der Waals surface area contributed by atoms with Crippen LogP contribution in [0.1, 0.15) is 24.5 Å². The number of fused-ring (bicyclic) bond motifs is 3. The van der Waals surface area contributed by atoms with Crippen LogP contribution in [0.5, 0.6) is 0 Å². The van der Waals surface area contributed by atoms with Gasteiger partial charge in [-0.3, -0.25) is 15.0 Å². The molecule has 0 spiro atoms. The molecule has 6 aromatic rings. The lowest BCUT2D eigenvalue weighted by Crippen LogP contribution is -1.98. The first-order valence-electron chi connectivity index (χ1n) is 12.7. The molecule has 0 aliphatic rings. The average molecular weight is 580 g/mol. The van der Waals surface area contributed by atoms with Crippen molar-refractivity contribution in [3.05, 3.63) is 114 Å². The summed E-state index contributed by atoms with van der Waals surface area (Å²) in [5.41, 5.74) is 11.2. The first-order chi connectivity index (χ1) is 19.5. The summed E-state index contributed by atoms with van der Waals surface area (Å²) < 4.78 is 0. The molecule has 200 valence electrons. The van der Waals surface area contributed by atoms with Gasteiger partial charge in [0.1, 0.15) is 0 Å². The van der Waals surface area contributed by atoms with E-state index in [-0.39, 0.29) is 0 Å². The summed E-state index contributed by atoms with van der Waals surface area (Å²) in [6.45, 7) is 9.59. The quantitative estimate of drug-likeness (QED) is 0.125. The molecule has 0 aliphatic heterocycles. The van der Waals surface area contributed by atoms with Gasteiger partial charge in [0.05, 0.1) is 23.1 Å². The molecule has 0 aliphatic carbocycles. The highest BCUT2D eigenvalue weighted by atomic mass is 32.1. The van der Waals surface area contributed by atoms with E-state index in [2.05, 4.69) is 82.8 Å². The van der Waals surface area contributed by atoms with Crippen LogP contribution >= 0.6 is 37.9 Å². The fraction of sp³-hybridized carbons (Fsp3) is 0.125. The molecule has 3 aromatic carbocycles. The van der Waals surface area contributed by atoms with Crippen LogP contribution in [0.4, 0.5) is 5.69 Å². The lowest BCUT2D eigenvalue weighted by Gasteiger charge is -2.06. The minimum absolute atomic E-state index is 0.505. The van der Waals surface area contributed by atoms with Gasteiger partial charge in [0, 0.05) is 50.6 Å². The third-order valence-electron chi connectivity index (χ3n) is 6.25. The molecule has 3 heterocycles. The van der Waals surface area contributed by atoms with E-state index in [1.807, 2.05) is 54.7 Å². The Balaban J connectivity index is 0.000000139. The normalized spacial score (nSPS) is 10.4. The summed E-state index contributed by atoms with van der Waals surface area (Å²) in [5.74, 6) is 0. The second-order valence-corrected chi connectivity index (χ2v) is 10.2. The molecule has 0 saturated carbocycles. The van der Waals surface area contributed by atoms with E-state index in [9.17, 15) is 0 Å². The highest BCUT2D eigenvalue weighted by Gasteiger charge is 2.05. The van der Waals surface area contributed by atoms with Crippen LogP contribution in [-0.2, 0) is 13.0 Å². The van der Waals surface area contributed by atoms with Gasteiger partial charge >= 0.3 is 0 Å². The van der Waals surface area contributed by atoms with Crippen molar-refractivity contribution in [3.8, 4) is 0 Å². The summed E-state index contributed by atoms with van der Waals surface area (Å²) in [6, 6.07) is 23.7. The summed E-state index contributed by atoms with van der Waals surface area (Å²) in [7, 11) is 0. The maximum Gasteiger partial charge on any atom is 0.202 e. The molecular formula is C32H29N5S3. The van der Waals surface area contributed by atoms with Crippen molar-refractivity contribution in [1.82, 2.24) is 15.0 Å². The number of aromatic nitrogens is 3. The number of thiol groups is 3.